The molecule has 1 aromatic rings. The summed E-state index contributed by atoms with van der Waals surface area (Å²) in [6.45, 7) is 1.18. The van der Waals surface area contributed by atoms with Gasteiger partial charge in [-0.25, -0.2) is 0 Å². The van der Waals surface area contributed by atoms with Crippen molar-refractivity contribution in [3.63, 3.8) is 0 Å². The Morgan fingerprint density at radius 3 is 3.06 bits per heavy atom. The van der Waals surface area contributed by atoms with Crippen molar-refractivity contribution in [1.82, 2.24) is 0 Å². The van der Waals surface area contributed by atoms with E-state index in [0.717, 1.165) is 15.8 Å². The molecule has 5 heteroatoms. The Morgan fingerprint density at radius 2 is 2.31 bits per heavy atom. The number of halogens is 1. The molecular formula is C11H13BrN2O2. The van der Waals surface area contributed by atoms with Crippen molar-refractivity contribution in [3.05, 3.63) is 22.7 Å². The summed E-state index contributed by atoms with van der Waals surface area (Å²) in [6.07, 6.45) is 0.666. The lowest BCUT2D eigenvalue weighted by Crippen LogP contribution is -2.39. The number of benzene rings is 1. The van der Waals surface area contributed by atoms with Gasteiger partial charge in [0.1, 0.15) is 0 Å². The van der Waals surface area contributed by atoms with Crippen LogP contribution in [0.25, 0.3) is 0 Å². The lowest BCUT2D eigenvalue weighted by atomic mass is 10.2. The van der Waals surface area contributed by atoms with E-state index in [2.05, 4.69) is 21.2 Å². The van der Waals surface area contributed by atoms with Gasteiger partial charge in [0, 0.05) is 17.6 Å². The van der Waals surface area contributed by atoms with Crippen LogP contribution in [0.1, 0.15) is 6.42 Å². The molecule has 1 amide bonds. The maximum Gasteiger partial charge on any atom is 0.243 e. The summed E-state index contributed by atoms with van der Waals surface area (Å²) >= 11 is 3.41. The van der Waals surface area contributed by atoms with E-state index in [-0.39, 0.29) is 12.5 Å². The van der Waals surface area contributed by atoms with E-state index in [4.69, 9.17) is 5.11 Å². The molecule has 0 bridgehead atoms. The van der Waals surface area contributed by atoms with Crippen LogP contribution in [0.4, 0.5) is 11.4 Å². The highest BCUT2D eigenvalue weighted by molar-refractivity contribution is 9.10. The highest BCUT2D eigenvalue weighted by atomic mass is 79.9. The largest absolute Gasteiger partial charge is 0.396 e. The number of amides is 1. The number of hydrogen-bond acceptors (Lipinski definition) is 3. The summed E-state index contributed by atoms with van der Waals surface area (Å²) in [5.41, 5.74) is 1.83. The predicted octanol–water partition coefficient (Wildman–Crippen LogP) is 1.59. The molecule has 16 heavy (non-hydrogen) atoms. The minimum absolute atomic E-state index is 0.00670. The first-order valence-electron chi connectivity index (χ1n) is 5.16. The van der Waals surface area contributed by atoms with E-state index in [1.807, 2.05) is 23.1 Å². The van der Waals surface area contributed by atoms with Crippen molar-refractivity contribution in [2.24, 2.45) is 0 Å². The van der Waals surface area contributed by atoms with Crippen LogP contribution in [0.3, 0.4) is 0 Å². The van der Waals surface area contributed by atoms with Crippen LogP contribution < -0.4 is 10.2 Å². The number of nitrogens with one attached hydrogen (secondary N) is 1. The van der Waals surface area contributed by atoms with Gasteiger partial charge in [-0.3, -0.25) is 4.79 Å². The summed E-state index contributed by atoms with van der Waals surface area (Å²) in [7, 11) is 0. The zero-order valence-corrected chi connectivity index (χ0v) is 10.3. The first kappa shape index (κ1) is 11.4. The fourth-order valence-electron chi connectivity index (χ4n) is 1.78. The first-order chi connectivity index (χ1) is 7.70. The summed E-state index contributed by atoms with van der Waals surface area (Å²) in [5, 5.41) is 11.7. The Balaban J connectivity index is 2.28. The first-order valence-corrected chi connectivity index (χ1v) is 5.95. The quantitative estimate of drug-likeness (QED) is 0.886. The number of aliphatic hydroxyl groups is 1. The molecule has 1 aliphatic rings. The molecule has 1 aromatic carbocycles. The average molecular weight is 285 g/mol. The van der Waals surface area contributed by atoms with Gasteiger partial charge in [0.05, 0.1) is 17.9 Å². The maximum atomic E-state index is 11.5. The number of nitrogens with zero attached hydrogens (tertiary/aromatic N) is 1. The second kappa shape index (κ2) is 4.84. The maximum absolute atomic E-state index is 11.5. The van der Waals surface area contributed by atoms with Crippen LogP contribution in [0.15, 0.2) is 22.7 Å². The second-order valence-corrected chi connectivity index (χ2v) is 4.62. The Bertz CT molecular complexity index is 409. The smallest absolute Gasteiger partial charge is 0.243 e. The van der Waals surface area contributed by atoms with Crippen LogP contribution in [0.5, 0.6) is 0 Å². The summed E-state index contributed by atoms with van der Waals surface area (Å²) in [4.78, 5) is 13.4. The molecule has 1 heterocycles. The molecular weight excluding hydrogens is 272 g/mol. The van der Waals surface area contributed by atoms with Gasteiger partial charge in [-0.1, -0.05) is 15.9 Å². The molecule has 0 aromatic heterocycles. The summed E-state index contributed by atoms with van der Waals surface area (Å²) in [5.74, 6) is -0.00670. The zero-order valence-electron chi connectivity index (χ0n) is 8.74. The van der Waals surface area contributed by atoms with E-state index >= 15 is 0 Å². The number of aliphatic hydroxyl groups excluding tert-OH is 1. The minimum atomic E-state index is -0.00670. The average Bonchev–Trinajstić information content (AvgIpc) is 2.26. The third-order valence-electron chi connectivity index (χ3n) is 2.50. The molecule has 0 spiro atoms. The molecule has 0 atom stereocenters. The number of carbonyl (C=O) groups is 1. The highest BCUT2D eigenvalue weighted by Crippen LogP contribution is 2.32. The Labute approximate surface area is 102 Å². The third-order valence-corrected chi connectivity index (χ3v) is 2.99. The summed E-state index contributed by atoms with van der Waals surface area (Å²) < 4.78 is 0.983. The monoisotopic (exact) mass is 284 g/mol. The van der Waals surface area contributed by atoms with Crippen molar-refractivity contribution in [2.75, 3.05) is 29.9 Å². The molecule has 2 rings (SSSR count). The SMILES string of the molecule is O=C1CN(CCCO)c2cc(Br)ccc2N1. The van der Waals surface area contributed by atoms with Crippen molar-refractivity contribution < 1.29 is 9.90 Å². The molecule has 1 aliphatic heterocycles. The molecule has 0 saturated carbocycles. The number of fused-ring (bicyclic) bond motifs is 1. The Kier molecular flexibility index (Phi) is 3.46. The van der Waals surface area contributed by atoms with Crippen LogP contribution in [0.2, 0.25) is 0 Å². The predicted molar refractivity (Wildman–Crippen MR) is 66.7 cm³/mol. The number of rotatable bonds is 3. The van der Waals surface area contributed by atoms with Gasteiger partial charge >= 0.3 is 0 Å². The van der Waals surface area contributed by atoms with E-state index in [9.17, 15) is 4.79 Å². The molecule has 2 N–H and O–H groups in total. The highest BCUT2D eigenvalue weighted by Gasteiger charge is 2.21. The summed E-state index contributed by atoms with van der Waals surface area (Å²) in [6, 6.07) is 5.75. The fraction of sp³-hybridized carbons (Fsp3) is 0.364. The molecule has 0 fully saturated rings. The molecule has 0 radical (unpaired) electrons. The van der Waals surface area contributed by atoms with E-state index in [0.29, 0.717) is 19.5 Å². The minimum Gasteiger partial charge on any atom is -0.396 e. The van der Waals surface area contributed by atoms with Gasteiger partial charge in [-0.2, -0.15) is 0 Å². The van der Waals surface area contributed by atoms with Crippen molar-refractivity contribution in [3.8, 4) is 0 Å². The van der Waals surface area contributed by atoms with Gasteiger partial charge in [0.15, 0.2) is 0 Å². The van der Waals surface area contributed by atoms with Gasteiger partial charge in [0.25, 0.3) is 0 Å². The topological polar surface area (TPSA) is 52.6 Å². The van der Waals surface area contributed by atoms with E-state index < -0.39 is 0 Å². The van der Waals surface area contributed by atoms with E-state index in [1.165, 1.54) is 0 Å². The molecule has 0 saturated heterocycles. The Hall–Kier alpha value is -1.07. The van der Waals surface area contributed by atoms with Crippen LogP contribution in [-0.2, 0) is 4.79 Å². The zero-order chi connectivity index (χ0) is 11.5. The molecule has 0 unspecified atom stereocenters. The number of anilines is 2. The lowest BCUT2D eigenvalue weighted by Gasteiger charge is -2.30. The van der Waals surface area contributed by atoms with Crippen molar-refractivity contribution in [2.45, 2.75) is 6.42 Å². The third kappa shape index (κ3) is 2.36. The second-order valence-electron chi connectivity index (χ2n) is 3.71. The Morgan fingerprint density at radius 1 is 1.50 bits per heavy atom. The van der Waals surface area contributed by atoms with Gasteiger partial charge in [-0.05, 0) is 24.6 Å². The fourth-order valence-corrected chi connectivity index (χ4v) is 2.13. The standard InChI is InChI=1S/C11H13BrN2O2/c12-8-2-3-9-10(6-8)14(4-1-5-15)7-11(16)13-9/h2-3,6,15H,1,4-5,7H2,(H,13,16). The number of hydrogen-bond donors (Lipinski definition) is 2. The lowest BCUT2D eigenvalue weighted by molar-refractivity contribution is -0.115. The van der Waals surface area contributed by atoms with Crippen molar-refractivity contribution >= 4 is 33.2 Å². The normalized spacial score (nSPS) is 14.6. The molecule has 4 nitrogen and oxygen atoms in total. The van der Waals surface area contributed by atoms with Gasteiger partial charge in [0.2, 0.25) is 5.91 Å². The number of carbonyl (C=O) groups excluding carboxylic acids is 1. The molecule has 86 valence electrons. The van der Waals surface area contributed by atoms with Crippen molar-refractivity contribution in [1.29, 1.82) is 0 Å². The van der Waals surface area contributed by atoms with Gasteiger partial charge in [-0.15, -0.1) is 0 Å². The molecule has 0 aliphatic carbocycles. The van der Waals surface area contributed by atoms with Crippen LogP contribution >= 0.6 is 15.9 Å². The van der Waals surface area contributed by atoms with E-state index in [1.54, 1.807) is 0 Å². The van der Waals surface area contributed by atoms with Gasteiger partial charge < -0.3 is 15.3 Å². The van der Waals surface area contributed by atoms with Crippen LogP contribution in [-0.4, -0.2) is 30.7 Å². The van der Waals surface area contributed by atoms with Crippen LogP contribution in [0, 0.1) is 0 Å².